The number of aliphatic carboxylic acids is 1. The summed E-state index contributed by atoms with van der Waals surface area (Å²) in [5, 5.41) is 19.7. The summed E-state index contributed by atoms with van der Waals surface area (Å²) in [4.78, 5) is 22.3. The smallest absolute Gasteiger partial charge is 0.328 e. The number of carbonyl (C=O) groups is 2. The van der Waals surface area contributed by atoms with Crippen LogP contribution in [0.25, 0.3) is 0 Å². The normalized spacial score (nSPS) is 11.9. The molecule has 98 valence electrons. The van der Waals surface area contributed by atoms with Gasteiger partial charge in [0.05, 0.1) is 6.61 Å². The molecule has 0 aliphatic heterocycles. The van der Waals surface area contributed by atoms with E-state index in [-0.39, 0.29) is 0 Å². The number of carboxylic acid groups (broad SMARTS) is 1. The number of hydrogen-bond acceptors (Lipinski definition) is 4. The van der Waals surface area contributed by atoms with Crippen LogP contribution < -0.4 is 11.1 Å². The van der Waals surface area contributed by atoms with Crippen molar-refractivity contribution in [3.8, 4) is 0 Å². The minimum absolute atomic E-state index is 0.343. The second-order valence-electron chi connectivity index (χ2n) is 3.78. The van der Waals surface area contributed by atoms with Crippen LogP contribution in [0, 0.1) is 0 Å². The van der Waals surface area contributed by atoms with Gasteiger partial charge in [-0.05, 0) is 30.7 Å². The lowest BCUT2D eigenvalue weighted by Crippen LogP contribution is -2.43. The van der Waals surface area contributed by atoms with Gasteiger partial charge >= 0.3 is 5.97 Å². The predicted octanol–water partition coefficient (Wildman–Crippen LogP) is -0.637. The van der Waals surface area contributed by atoms with Crippen LogP contribution in [0.5, 0.6) is 0 Å². The number of carbonyl (C=O) groups excluding carboxylic acids is 1. The Morgan fingerprint density at radius 2 is 1.89 bits per heavy atom. The molecule has 0 saturated heterocycles. The molecular weight excluding hydrogens is 236 g/mol. The van der Waals surface area contributed by atoms with Gasteiger partial charge in [-0.1, -0.05) is 12.1 Å². The molecule has 0 spiro atoms. The van der Waals surface area contributed by atoms with Crippen LogP contribution in [0.2, 0.25) is 0 Å². The summed E-state index contributed by atoms with van der Waals surface area (Å²) in [6, 6.07) is 5.42. The Balaban J connectivity index is 2.69. The van der Waals surface area contributed by atoms with Crippen molar-refractivity contribution in [2.24, 2.45) is 5.73 Å². The third-order valence-corrected chi connectivity index (χ3v) is 2.44. The topological polar surface area (TPSA) is 113 Å². The Kier molecular flexibility index (Phi) is 5.29. The minimum Gasteiger partial charge on any atom is -0.480 e. The quantitative estimate of drug-likeness (QED) is 0.538. The number of hydrogen-bond donors (Lipinski definition) is 4. The number of nitrogens with two attached hydrogens (primary N) is 1. The minimum atomic E-state index is -1.29. The summed E-state index contributed by atoms with van der Waals surface area (Å²) in [6.45, 7) is -0.122. The summed E-state index contributed by atoms with van der Waals surface area (Å²) >= 11 is 0. The molecule has 0 radical (unpaired) electrons. The molecule has 0 fully saturated rings. The molecule has 5 N–H and O–H groups in total. The zero-order valence-electron chi connectivity index (χ0n) is 9.80. The fraction of sp³-hybridized carbons (Fsp3) is 0.333. The van der Waals surface area contributed by atoms with Gasteiger partial charge in [-0.3, -0.25) is 4.79 Å². The zero-order valence-corrected chi connectivity index (χ0v) is 9.80. The fourth-order valence-corrected chi connectivity index (χ4v) is 1.42. The third-order valence-electron chi connectivity index (χ3n) is 2.44. The molecule has 0 heterocycles. The molecular formula is C12H16N2O4. The molecule has 6 nitrogen and oxygen atoms in total. The molecule has 1 aromatic rings. The van der Waals surface area contributed by atoms with Crippen molar-refractivity contribution in [2.45, 2.75) is 12.5 Å². The summed E-state index contributed by atoms with van der Waals surface area (Å²) in [5.41, 5.74) is 6.75. The van der Waals surface area contributed by atoms with Crippen molar-refractivity contribution in [1.82, 2.24) is 5.32 Å². The molecule has 18 heavy (non-hydrogen) atoms. The van der Waals surface area contributed by atoms with Crippen molar-refractivity contribution in [3.63, 3.8) is 0 Å². The van der Waals surface area contributed by atoms with Gasteiger partial charge < -0.3 is 21.3 Å². The van der Waals surface area contributed by atoms with Gasteiger partial charge in [0.25, 0.3) is 5.91 Å². The maximum absolute atomic E-state index is 11.7. The number of amides is 1. The van der Waals surface area contributed by atoms with Gasteiger partial charge in [-0.25, -0.2) is 4.79 Å². The van der Waals surface area contributed by atoms with E-state index in [4.69, 9.17) is 15.9 Å². The van der Waals surface area contributed by atoms with Gasteiger partial charge in [0, 0.05) is 5.56 Å². The maximum Gasteiger partial charge on any atom is 0.328 e. The number of aliphatic hydroxyl groups is 1. The van der Waals surface area contributed by atoms with E-state index in [9.17, 15) is 9.59 Å². The van der Waals surface area contributed by atoms with Gasteiger partial charge in [0.15, 0.2) is 6.04 Å². The molecule has 1 atom stereocenters. The average molecular weight is 252 g/mol. The van der Waals surface area contributed by atoms with Crippen molar-refractivity contribution in [2.75, 3.05) is 13.2 Å². The Labute approximate surface area is 104 Å². The first-order valence-corrected chi connectivity index (χ1v) is 5.52. The van der Waals surface area contributed by atoms with Crippen molar-refractivity contribution in [1.29, 1.82) is 0 Å². The molecule has 0 aromatic heterocycles. The molecule has 0 unspecified atom stereocenters. The first-order valence-electron chi connectivity index (χ1n) is 5.52. The van der Waals surface area contributed by atoms with E-state index in [1.54, 1.807) is 24.3 Å². The molecule has 0 aliphatic rings. The standard InChI is InChI=1S/C12H16N2O4/c13-6-5-8-1-3-9(4-2-8)11(16)14-10(7-15)12(17)18/h1-4,10,15H,5-7,13H2,(H,14,16)(H,17,18)/t10-/m0/s1. The molecule has 1 amide bonds. The lowest BCUT2D eigenvalue weighted by atomic mass is 10.1. The lowest BCUT2D eigenvalue weighted by molar-refractivity contribution is -0.140. The van der Waals surface area contributed by atoms with Crippen LogP contribution >= 0.6 is 0 Å². The number of aliphatic hydroxyl groups excluding tert-OH is 1. The van der Waals surface area contributed by atoms with Gasteiger partial charge in [0.1, 0.15) is 0 Å². The Morgan fingerprint density at radius 1 is 1.28 bits per heavy atom. The highest BCUT2D eigenvalue weighted by Crippen LogP contribution is 2.05. The predicted molar refractivity (Wildman–Crippen MR) is 65.2 cm³/mol. The third kappa shape index (κ3) is 3.83. The highest BCUT2D eigenvalue weighted by atomic mass is 16.4. The first-order chi connectivity index (χ1) is 8.58. The van der Waals surface area contributed by atoms with E-state index in [1.807, 2.05) is 0 Å². The molecule has 1 aromatic carbocycles. The van der Waals surface area contributed by atoms with Crippen molar-refractivity contribution < 1.29 is 19.8 Å². The molecule has 6 heteroatoms. The number of benzene rings is 1. The van der Waals surface area contributed by atoms with E-state index >= 15 is 0 Å². The van der Waals surface area contributed by atoms with Gasteiger partial charge in [-0.2, -0.15) is 0 Å². The van der Waals surface area contributed by atoms with Gasteiger partial charge in [-0.15, -0.1) is 0 Å². The van der Waals surface area contributed by atoms with Crippen LogP contribution in [0.3, 0.4) is 0 Å². The van der Waals surface area contributed by atoms with Crippen molar-refractivity contribution in [3.05, 3.63) is 35.4 Å². The average Bonchev–Trinajstić information content (AvgIpc) is 2.36. The van der Waals surface area contributed by atoms with Crippen LogP contribution in [0.15, 0.2) is 24.3 Å². The summed E-state index contributed by atoms with van der Waals surface area (Å²) in [6.07, 6.45) is 0.719. The molecule has 0 bridgehead atoms. The number of carboxylic acids is 1. The van der Waals surface area contributed by atoms with E-state index in [1.165, 1.54) is 0 Å². The largest absolute Gasteiger partial charge is 0.480 e. The monoisotopic (exact) mass is 252 g/mol. The van der Waals surface area contributed by atoms with Crippen molar-refractivity contribution >= 4 is 11.9 Å². The van der Waals surface area contributed by atoms with E-state index in [2.05, 4.69) is 5.32 Å². The Bertz CT molecular complexity index is 417. The van der Waals surface area contributed by atoms with E-state index < -0.39 is 24.5 Å². The Morgan fingerprint density at radius 3 is 2.33 bits per heavy atom. The lowest BCUT2D eigenvalue weighted by Gasteiger charge is -2.11. The fourth-order valence-electron chi connectivity index (χ4n) is 1.42. The van der Waals surface area contributed by atoms with Crippen LogP contribution in [-0.4, -0.2) is 41.3 Å². The Hall–Kier alpha value is -1.92. The summed E-state index contributed by atoms with van der Waals surface area (Å²) < 4.78 is 0. The second kappa shape index (κ2) is 6.73. The van der Waals surface area contributed by atoms with E-state index in [0.29, 0.717) is 12.1 Å². The highest BCUT2D eigenvalue weighted by molar-refractivity contribution is 5.96. The van der Waals surface area contributed by atoms with Crippen LogP contribution in [0.1, 0.15) is 15.9 Å². The number of nitrogens with one attached hydrogen (secondary N) is 1. The molecule has 0 aliphatic carbocycles. The zero-order chi connectivity index (χ0) is 13.5. The summed E-state index contributed by atoms with van der Waals surface area (Å²) in [5.74, 6) is -1.80. The van der Waals surface area contributed by atoms with Gasteiger partial charge in [0.2, 0.25) is 0 Å². The first kappa shape index (κ1) is 14.1. The SMILES string of the molecule is NCCc1ccc(C(=O)N[C@@H](CO)C(=O)O)cc1. The highest BCUT2D eigenvalue weighted by Gasteiger charge is 2.19. The van der Waals surface area contributed by atoms with E-state index in [0.717, 1.165) is 12.0 Å². The summed E-state index contributed by atoms with van der Waals surface area (Å²) in [7, 11) is 0. The second-order valence-corrected chi connectivity index (χ2v) is 3.78. The van der Waals surface area contributed by atoms with Crippen LogP contribution in [0.4, 0.5) is 0 Å². The maximum atomic E-state index is 11.7. The van der Waals surface area contributed by atoms with Crippen LogP contribution in [-0.2, 0) is 11.2 Å². The molecule has 0 saturated carbocycles. The molecule has 1 rings (SSSR count). The number of rotatable bonds is 6.